The first-order valence-electron chi connectivity index (χ1n) is 22.0. The van der Waals surface area contributed by atoms with Crippen molar-refractivity contribution in [3.05, 3.63) is 107 Å². The Morgan fingerprint density at radius 1 is 0.619 bits per heavy atom. The van der Waals surface area contributed by atoms with E-state index in [0.29, 0.717) is 23.0 Å². The molecule has 14 heteroatoms. The zero-order valence-electron chi connectivity index (χ0n) is 38.6. The van der Waals surface area contributed by atoms with Crippen molar-refractivity contribution in [3.63, 3.8) is 0 Å². The number of amides is 2. The molecule has 0 saturated heterocycles. The Labute approximate surface area is 372 Å². The number of nitrogens with one attached hydrogen (secondary N) is 3. The average Bonchev–Trinajstić information content (AvgIpc) is 4.04. The molecule has 6 aromatic rings. The van der Waals surface area contributed by atoms with Gasteiger partial charge in [0, 0.05) is 54.7 Å². The summed E-state index contributed by atoms with van der Waals surface area (Å²) in [5.74, 6) is 2.76. The van der Waals surface area contributed by atoms with E-state index in [1.807, 2.05) is 99.0 Å². The molecule has 14 nitrogen and oxygen atoms in total. The van der Waals surface area contributed by atoms with Gasteiger partial charge < -0.3 is 38.6 Å². The molecular weight excluding hydrogens is 793 g/mol. The van der Waals surface area contributed by atoms with Gasteiger partial charge in [-0.3, -0.25) is 20.2 Å². The molecule has 2 atom stereocenters. The van der Waals surface area contributed by atoms with Crippen LogP contribution in [0.15, 0.2) is 84.9 Å². The summed E-state index contributed by atoms with van der Waals surface area (Å²) in [5, 5.41) is 8.82. The van der Waals surface area contributed by atoms with E-state index in [2.05, 4.69) is 89.0 Å². The molecule has 2 aliphatic heterocycles. The van der Waals surface area contributed by atoms with E-state index in [4.69, 9.17) is 19.4 Å². The predicted octanol–water partition coefficient (Wildman–Crippen LogP) is 6.89. The second-order valence-corrected chi connectivity index (χ2v) is 17.0. The first-order chi connectivity index (χ1) is 30.4. The van der Waals surface area contributed by atoms with Gasteiger partial charge in [-0.15, -0.1) is 0 Å². The van der Waals surface area contributed by atoms with Crippen LogP contribution < -0.4 is 25.4 Å². The number of benzene rings is 4. The zero-order chi connectivity index (χ0) is 45.0. The van der Waals surface area contributed by atoms with E-state index in [1.165, 1.54) is 11.1 Å². The molecule has 0 aliphatic carbocycles. The first kappa shape index (κ1) is 46.7. The fraction of sp³-hybridized carbons (Fsp3) is 0.429. The molecule has 4 aromatic carbocycles. The Hall–Kier alpha value is -5.80. The summed E-state index contributed by atoms with van der Waals surface area (Å²) >= 11 is 0. The number of aryl methyl sites for hydroxylation is 2. The molecule has 8 rings (SSSR count). The van der Waals surface area contributed by atoms with Gasteiger partial charge >= 0.3 is 0 Å². The largest absolute Gasteiger partial charge is 0.490 e. The smallest absolute Gasteiger partial charge is 0.257 e. The molecule has 63 heavy (non-hydrogen) atoms. The van der Waals surface area contributed by atoms with Crippen LogP contribution in [0, 0.1) is 0 Å². The van der Waals surface area contributed by atoms with Crippen molar-refractivity contribution < 1.29 is 19.1 Å². The third-order valence-corrected chi connectivity index (χ3v) is 10.9. The molecule has 2 unspecified atom stereocenters. The number of anilines is 2. The van der Waals surface area contributed by atoms with Crippen LogP contribution in [0.4, 0.5) is 11.9 Å². The average molecular weight is 859 g/mol. The Bertz CT molecular complexity index is 2430. The number of carbonyl (C=O) groups excluding carboxylic acids is 2. The van der Waals surface area contributed by atoms with Gasteiger partial charge in [0.05, 0.1) is 22.1 Å². The van der Waals surface area contributed by atoms with Gasteiger partial charge in [0.15, 0.2) is 0 Å². The maximum Gasteiger partial charge on any atom is 0.257 e. The van der Waals surface area contributed by atoms with Crippen LogP contribution >= 0.6 is 0 Å². The topological polar surface area (TPSA) is 134 Å². The van der Waals surface area contributed by atoms with Gasteiger partial charge in [0.1, 0.15) is 23.7 Å². The van der Waals surface area contributed by atoms with E-state index < -0.39 is 0 Å². The number of nitrogens with zero attached hydrogens (tertiary/aromatic N) is 7. The van der Waals surface area contributed by atoms with Crippen molar-refractivity contribution >= 4 is 45.8 Å². The summed E-state index contributed by atoms with van der Waals surface area (Å²) in [6.45, 7) is 6.49. The molecule has 0 radical (unpaired) electrons. The van der Waals surface area contributed by atoms with Crippen molar-refractivity contribution in [3.8, 4) is 11.5 Å². The van der Waals surface area contributed by atoms with Gasteiger partial charge in [0.2, 0.25) is 11.9 Å². The molecular formula is C49H66N10O4. The van der Waals surface area contributed by atoms with E-state index in [-0.39, 0.29) is 24.0 Å². The maximum atomic E-state index is 12.8. The third-order valence-electron chi connectivity index (χ3n) is 10.9. The number of carbonyl (C=O) groups is 2. The van der Waals surface area contributed by atoms with Crippen LogP contribution in [0.1, 0.15) is 58.0 Å². The highest BCUT2D eigenvalue weighted by molar-refractivity contribution is 6.05. The standard InChI is InChI=1S/C24H31N5O2.C23H28N4O2.C2H7N/c1-27(2)13-8-14-29-22-19-15-18(16-28(3)4)31-21(19)12-11-20(22)25-24(29)26-23(30)17-9-6-5-7-10-17;1-4-17-15-18-20(29-17)12-11-19-21(18)27(14-8-13-26(2)3)23(24-19)25-22(28)16-9-6-5-7-10-16;1-3-2/h5-7,9-12,18H,8,13-16H2,1-4H3,(H,25,26,30);5-7,9-12,17H,4,8,13-15H2,1-3H3,(H,24,25,28);3H,1-2H3. The number of likely N-dealkylation sites (N-methyl/N-ethyl adjacent to an activating group) is 1. The number of aromatic nitrogens is 4. The summed E-state index contributed by atoms with van der Waals surface area (Å²) in [7, 11) is 16.2. The molecule has 2 aliphatic rings. The monoisotopic (exact) mass is 859 g/mol. The van der Waals surface area contributed by atoms with Crippen molar-refractivity contribution in [2.24, 2.45) is 0 Å². The van der Waals surface area contributed by atoms with Gasteiger partial charge in [-0.2, -0.15) is 0 Å². The lowest BCUT2D eigenvalue weighted by molar-refractivity contribution is 0.101. The molecule has 2 aromatic heterocycles. The van der Waals surface area contributed by atoms with E-state index >= 15 is 0 Å². The zero-order valence-corrected chi connectivity index (χ0v) is 38.6. The second-order valence-electron chi connectivity index (χ2n) is 17.0. The maximum absolute atomic E-state index is 12.8. The molecule has 336 valence electrons. The van der Waals surface area contributed by atoms with E-state index in [9.17, 15) is 9.59 Å². The van der Waals surface area contributed by atoms with Gasteiger partial charge in [0.25, 0.3) is 11.8 Å². The van der Waals surface area contributed by atoms with Crippen LogP contribution in [0.2, 0.25) is 0 Å². The molecule has 0 bridgehead atoms. The SMILES string of the molecule is CCC1Cc2c(ccc3nc(NC(=O)c4ccccc4)n(CCCN(C)C)c23)O1.CN(C)CCCn1c(NC(=O)c2ccccc2)nc2ccc3c(c21)CC(CN(C)C)O3.CNC. The van der Waals surface area contributed by atoms with Gasteiger partial charge in [-0.25, -0.2) is 9.97 Å². The highest BCUT2D eigenvalue weighted by Crippen LogP contribution is 2.38. The van der Waals surface area contributed by atoms with Crippen LogP contribution in [-0.4, -0.2) is 134 Å². The van der Waals surface area contributed by atoms with Crippen LogP contribution in [-0.2, 0) is 25.9 Å². The molecule has 3 N–H and O–H groups in total. The Morgan fingerprint density at radius 2 is 1.03 bits per heavy atom. The van der Waals surface area contributed by atoms with Crippen molar-refractivity contribution in [1.29, 1.82) is 0 Å². The number of imidazole rings is 2. The molecule has 0 fully saturated rings. The number of ether oxygens (including phenoxy) is 2. The van der Waals surface area contributed by atoms with Crippen molar-refractivity contribution in [1.82, 2.24) is 39.1 Å². The Kier molecular flexibility index (Phi) is 16.3. The highest BCUT2D eigenvalue weighted by atomic mass is 16.5. The minimum absolute atomic E-state index is 0.128. The lowest BCUT2D eigenvalue weighted by Gasteiger charge is -2.15. The third kappa shape index (κ3) is 11.8. The van der Waals surface area contributed by atoms with Gasteiger partial charge in [-0.1, -0.05) is 43.3 Å². The fourth-order valence-electron chi connectivity index (χ4n) is 8.05. The summed E-state index contributed by atoms with van der Waals surface area (Å²) in [4.78, 5) is 41.6. The quantitative estimate of drug-likeness (QED) is 0.100. The van der Waals surface area contributed by atoms with Crippen LogP contribution in [0.5, 0.6) is 11.5 Å². The normalized spacial score (nSPS) is 15.0. The summed E-state index contributed by atoms with van der Waals surface area (Å²) < 4.78 is 16.6. The van der Waals surface area contributed by atoms with Gasteiger partial charge in [-0.05, 0) is 137 Å². The van der Waals surface area contributed by atoms with Crippen LogP contribution in [0.25, 0.3) is 22.1 Å². The predicted molar refractivity (Wildman–Crippen MR) is 255 cm³/mol. The van der Waals surface area contributed by atoms with Crippen molar-refractivity contribution in [2.45, 2.75) is 64.3 Å². The fourth-order valence-corrected chi connectivity index (χ4v) is 8.05. The number of hydrogen-bond donors (Lipinski definition) is 3. The summed E-state index contributed by atoms with van der Waals surface area (Å²) in [5.41, 5.74) is 7.57. The molecule has 0 spiro atoms. The van der Waals surface area contributed by atoms with E-state index in [1.54, 1.807) is 0 Å². The highest BCUT2D eigenvalue weighted by Gasteiger charge is 2.29. The first-order valence-corrected chi connectivity index (χ1v) is 22.0. The summed E-state index contributed by atoms with van der Waals surface area (Å²) in [6.07, 6.45) is 4.96. The van der Waals surface area contributed by atoms with Crippen LogP contribution in [0.3, 0.4) is 0 Å². The summed E-state index contributed by atoms with van der Waals surface area (Å²) in [6, 6.07) is 26.5. The van der Waals surface area contributed by atoms with E-state index in [0.717, 1.165) is 98.4 Å². The molecule has 0 saturated carbocycles. The lowest BCUT2D eigenvalue weighted by atomic mass is 10.1. The Balaban J connectivity index is 0.000000198. The Morgan fingerprint density at radius 3 is 1.43 bits per heavy atom. The minimum Gasteiger partial charge on any atom is -0.490 e. The molecule has 2 amide bonds. The number of hydrogen-bond acceptors (Lipinski definition) is 10. The minimum atomic E-state index is -0.150. The second kappa shape index (κ2) is 22.0. The lowest BCUT2D eigenvalue weighted by Crippen LogP contribution is -2.29. The van der Waals surface area contributed by atoms with Crippen molar-refractivity contribution in [2.75, 3.05) is 86.6 Å². The number of rotatable bonds is 15. The number of fused-ring (bicyclic) bond motifs is 6. The molecule has 4 heterocycles.